The van der Waals surface area contributed by atoms with Crippen molar-refractivity contribution in [1.29, 1.82) is 0 Å². The van der Waals surface area contributed by atoms with Crippen molar-refractivity contribution in [3.05, 3.63) is 52.4 Å². The fourth-order valence-electron chi connectivity index (χ4n) is 3.88. The van der Waals surface area contributed by atoms with Crippen LogP contribution in [0.3, 0.4) is 0 Å². The molecular formula is C22H25N3O4. The summed E-state index contributed by atoms with van der Waals surface area (Å²) >= 11 is 0. The molecule has 0 saturated carbocycles. The Morgan fingerprint density at radius 2 is 1.93 bits per heavy atom. The Morgan fingerprint density at radius 1 is 1.21 bits per heavy atom. The van der Waals surface area contributed by atoms with E-state index in [0.717, 1.165) is 28.8 Å². The van der Waals surface area contributed by atoms with Gasteiger partial charge in [0.05, 0.1) is 23.3 Å². The molecule has 0 aliphatic carbocycles. The van der Waals surface area contributed by atoms with Crippen molar-refractivity contribution in [2.24, 2.45) is 0 Å². The van der Waals surface area contributed by atoms with Gasteiger partial charge >= 0.3 is 5.69 Å². The van der Waals surface area contributed by atoms with E-state index in [1.54, 1.807) is 10.6 Å². The number of carbonyl (C=O) groups excluding carboxylic acids is 1. The number of para-hydroxylation sites is 2. The quantitative estimate of drug-likeness (QED) is 0.696. The van der Waals surface area contributed by atoms with Gasteiger partial charge in [-0.2, -0.15) is 0 Å². The van der Waals surface area contributed by atoms with Crippen LogP contribution in [0.2, 0.25) is 0 Å². The summed E-state index contributed by atoms with van der Waals surface area (Å²) in [5.41, 5.74) is 2.99. The normalized spacial score (nSPS) is 15.2. The fourth-order valence-corrected chi connectivity index (χ4v) is 3.88. The van der Waals surface area contributed by atoms with E-state index in [9.17, 15) is 9.59 Å². The number of ether oxygens (including phenoxy) is 2. The predicted molar refractivity (Wildman–Crippen MR) is 112 cm³/mol. The highest BCUT2D eigenvalue weighted by Gasteiger charge is 2.23. The van der Waals surface area contributed by atoms with Crippen LogP contribution in [0.1, 0.15) is 26.3 Å². The van der Waals surface area contributed by atoms with E-state index in [2.05, 4.69) is 5.32 Å². The summed E-state index contributed by atoms with van der Waals surface area (Å²) in [7, 11) is 0. The molecule has 0 saturated heterocycles. The molecule has 0 bridgehead atoms. The maximum Gasteiger partial charge on any atom is 0.329 e. The molecule has 0 radical (unpaired) electrons. The van der Waals surface area contributed by atoms with Crippen LogP contribution >= 0.6 is 0 Å². The average Bonchev–Trinajstić information content (AvgIpc) is 3.18. The molecule has 1 unspecified atom stereocenters. The number of hydrogen-bond acceptors (Lipinski definition) is 4. The Kier molecular flexibility index (Phi) is 5.05. The zero-order valence-corrected chi connectivity index (χ0v) is 16.9. The maximum absolute atomic E-state index is 12.8. The fraction of sp³-hybridized carbons (Fsp3) is 0.364. The molecule has 1 N–H and O–H groups in total. The molecule has 1 amide bonds. The largest absolute Gasteiger partial charge is 0.492 e. The standard InChI is InChI=1S/C22H25N3O4/c1-4-24-17-8-6-7-9-18(17)25(22(24)27)13-21(26)23-16-12-19-15(10-14(3)29-19)11-20(16)28-5-2/h6-9,11-12,14H,4-5,10,13H2,1-3H3,(H,23,26). The minimum absolute atomic E-state index is 0.0771. The lowest BCUT2D eigenvalue weighted by molar-refractivity contribution is -0.116. The first-order valence-corrected chi connectivity index (χ1v) is 9.96. The first-order valence-electron chi connectivity index (χ1n) is 9.96. The second kappa shape index (κ2) is 7.66. The van der Waals surface area contributed by atoms with Crippen molar-refractivity contribution in [2.75, 3.05) is 11.9 Å². The van der Waals surface area contributed by atoms with E-state index in [1.165, 1.54) is 4.57 Å². The molecule has 2 aromatic carbocycles. The Labute approximate surface area is 168 Å². The van der Waals surface area contributed by atoms with Crippen LogP contribution in [0.25, 0.3) is 11.0 Å². The number of benzene rings is 2. The van der Waals surface area contributed by atoms with Gasteiger partial charge in [-0.1, -0.05) is 12.1 Å². The molecule has 29 heavy (non-hydrogen) atoms. The van der Waals surface area contributed by atoms with Crippen molar-refractivity contribution in [1.82, 2.24) is 9.13 Å². The number of fused-ring (bicyclic) bond motifs is 2. The number of aromatic nitrogens is 2. The molecule has 1 atom stereocenters. The number of imidazole rings is 1. The molecule has 2 heterocycles. The number of nitrogens with zero attached hydrogens (tertiary/aromatic N) is 2. The number of nitrogens with one attached hydrogen (secondary N) is 1. The molecule has 7 nitrogen and oxygen atoms in total. The summed E-state index contributed by atoms with van der Waals surface area (Å²) < 4.78 is 14.7. The van der Waals surface area contributed by atoms with Crippen LogP contribution in [-0.2, 0) is 24.3 Å². The second-order valence-corrected chi connectivity index (χ2v) is 7.17. The average molecular weight is 395 g/mol. The van der Waals surface area contributed by atoms with Gasteiger partial charge in [0, 0.05) is 24.6 Å². The van der Waals surface area contributed by atoms with E-state index in [4.69, 9.17) is 9.47 Å². The first kappa shape index (κ1) is 19.1. The highest BCUT2D eigenvalue weighted by Crippen LogP contribution is 2.38. The lowest BCUT2D eigenvalue weighted by Crippen LogP contribution is -2.29. The zero-order valence-electron chi connectivity index (χ0n) is 16.9. The number of anilines is 1. The number of rotatable bonds is 6. The summed E-state index contributed by atoms with van der Waals surface area (Å²) in [5.74, 6) is 1.08. The molecular weight excluding hydrogens is 370 g/mol. The van der Waals surface area contributed by atoms with Gasteiger partial charge in [0.25, 0.3) is 0 Å². The van der Waals surface area contributed by atoms with E-state index in [1.807, 2.05) is 51.1 Å². The van der Waals surface area contributed by atoms with Gasteiger partial charge in [-0.25, -0.2) is 4.79 Å². The first-order chi connectivity index (χ1) is 14.0. The third-order valence-corrected chi connectivity index (χ3v) is 5.12. The summed E-state index contributed by atoms with van der Waals surface area (Å²) in [5, 5.41) is 2.89. The Morgan fingerprint density at radius 3 is 2.62 bits per heavy atom. The van der Waals surface area contributed by atoms with Crippen molar-refractivity contribution in [3.8, 4) is 11.5 Å². The van der Waals surface area contributed by atoms with E-state index < -0.39 is 0 Å². The molecule has 0 fully saturated rings. The van der Waals surface area contributed by atoms with Gasteiger partial charge in [0.15, 0.2) is 0 Å². The molecule has 3 aromatic rings. The number of hydrogen-bond donors (Lipinski definition) is 1. The number of carbonyl (C=O) groups is 1. The minimum Gasteiger partial charge on any atom is -0.492 e. The van der Waals surface area contributed by atoms with E-state index >= 15 is 0 Å². The van der Waals surface area contributed by atoms with Gasteiger partial charge in [-0.3, -0.25) is 13.9 Å². The smallest absolute Gasteiger partial charge is 0.329 e. The van der Waals surface area contributed by atoms with Crippen molar-refractivity contribution in [3.63, 3.8) is 0 Å². The monoisotopic (exact) mass is 395 g/mol. The van der Waals surface area contributed by atoms with Crippen molar-refractivity contribution in [2.45, 2.75) is 46.4 Å². The van der Waals surface area contributed by atoms with Gasteiger partial charge < -0.3 is 14.8 Å². The maximum atomic E-state index is 12.8. The van der Waals surface area contributed by atoms with E-state index in [0.29, 0.717) is 24.6 Å². The molecule has 0 spiro atoms. The van der Waals surface area contributed by atoms with Crippen LogP contribution < -0.4 is 20.5 Å². The van der Waals surface area contributed by atoms with Crippen molar-refractivity contribution >= 4 is 22.6 Å². The summed E-state index contributed by atoms with van der Waals surface area (Å²) in [6, 6.07) is 11.2. The van der Waals surface area contributed by atoms with Crippen molar-refractivity contribution < 1.29 is 14.3 Å². The zero-order chi connectivity index (χ0) is 20.5. The van der Waals surface area contributed by atoms with Crippen LogP contribution in [-0.4, -0.2) is 27.8 Å². The molecule has 4 rings (SSSR count). The highest BCUT2D eigenvalue weighted by atomic mass is 16.5. The molecule has 1 aliphatic heterocycles. The van der Waals surface area contributed by atoms with Crippen LogP contribution in [0.4, 0.5) is 5.69 Å². The van der Waals surface area contributed by atoms with Gasteiger partial charge in [0.1, 0.15) is 24.1 Å². The topological polar surface area (TPSA) is 74.5 Å². The summed E-state index contributed by atoms with van der Waals surface area (Å²) in [6.45, 7) is 6.78. The third kappa shape index (κ3) is 3.48. The molecule has 1 aromatic heterocycles. The predicted octanol–water partition coefficient (Wildman–Crippen LogP) is 3.18. The van der Waals surface area contributed by atoms with Crippen LogP contribution in [0.15, 0.2) is 41.2 Å². The number of amides is 1. The second-order valence-electron chi connectivity index (χ2n) is 7.17. The molecule has 152 valence electrons. The molecule has 7 heteroatoms. The summed E-state index contributed by atoms with van der Waals surface area (Å²) in [4.78, 5) is 25.6. The van der Waals surface area contributed by atoms with E-state index in [-0.39, 0.29) is 24.2 Å². The third-order valence-electron chi connectivity index (χ3n) is 5.12. The van der Waals surface area contributed by atoms with Crippen LogP contribution in [0, 0.1) is 0 Å². The van der Waals surface area contributed by atoms with Gasteiger partial charge in [-0.15, -0.1) is 0 Å². The lowest BCUT2D eigenvalue weighted by atomic mass is 10.1. The Hall–Kier alpha value is -3.22. The minimum atomic E-state index is -0.293. The Balaban J connectivity index is 1.63. The molecule has 1 aliphatic rings. The Bertz CT molecular complexity index is 1130. The lowest BCUT2D eigenvalue weighted by Gasteiger charge is -2.14. The highest BCUT2D eigenvalue weighted by molar-refractivity contribution is 5.93. The van der Waals surface area contributed by atoms with Crippen LogP contribution in [0.5, 0.6) is 11.5 Å². The SMILES string of the molecule is CCOc1cc2c(cc1NC(=O)Cn1c(=O)n(CC)c3ccccc31)OC(C)C2. The summed E-state index contributed by atoms with van der Waals surface area (Å²) in [6.07, 6.45) is 0.916. The van der Waals surface area contributed by atoms with Gasteiger partial charge in [0.2, 0.25) is 5.91 Å². The van der Waals surface area contributed by atoms with Gasteiger partial charge in [-0.05, 0) is 39.0 Å². The number of aryl methyl sites for hydroxylation is 1.